The van der Waals surface area contributed by atoms with Gasteiger partial charge in [0, 0.05) is 29.5 Å². The molecule has 10 nitrogen and oxygen atoms in total. The molecule has 3 rings (SSSR count). The number of methoxy groups -OCH3 is 1. The second-order valence-electron chi connectivity index (χ2n) is 8.60. The highest BCUT2D eigenvalue weighted by molar-refractivity contribution is 8.72. The number of hydrogen-bond donors (Lipinski definition) is 1. The first-order valence-corrected chi connectivity index (χ1v) is 14.4. The summed E-state index contributed by atoms with van der Waals surface area (Å²) in [6.07, 6.45) is -0.0921. The van der Waals surface area contributed by atoms with E-state index in [-0.39, 0.29) is 40.6 Å². The number of esters is 2. The van der Waals surface area contributed by atoms with Crippen molar-refractivity contribution >= 4 is 37.3 Å². The van der Waals surface area contributed by atoms with E-state index in [1.165, 1.54) is 37.4 Å². The Morgan fingerprint density at radius 1 is 1.19 bits per heavy atom. The van der Waals surface area contributed by atoms with Crippen LogP contribution in [0.15, 0.2) is 64.7 Å². The molecule has 37 heavy (non-hydrogen) atoms. The predicted octanol–water partition coefficient (Wildman–Crippen LogP) is 3.85. The van der Waals surface area contributed by atoms with Crippen LogP contribution < -0.4 is 5.32 Å². The molecule has 2 aromatic rings. The van der Waals surface area contributed by atoms with Crippen molar-refractivity contribution in [3.05, 3.63) is 81.0 Å². The number of rotatable bonds is 9. The van der Waals surface area contributed by atoms with E-state index in [0.717, 1.165) is 5.56 Å². The Morgan fingerprint density at radius 2 is 1.86 bits per heavy atom. The van der Waals surface area contributed by atoms with Gasteiger partial charge < -0.3 is 14.8 Å². The molecule has 0 radical (unpaired) electrons. The fourth-order valence-corrected chi connectivity index (χ4v) is 7.32. The molecule has 0 amide bonds. The van der Waals surface area contributed by atoms with E-state index in [2.05, 4.69) is 5.32 Å². The molecule has 0 aliphatic carbocycles. The summed E-state index contributed by atoms with van der Waals surface area (Å²) in [6.45, 7) is 5.09. The average Bonchev–Trinajstić information content (AvgIpc) is 2.87. The molecule has 1 N–H and O–H groups in total. The first-order chi connectivity index (χ1) is 17.4. The first-order valence-electron chi connectivity index (χ1n) is 11.4. The van der Waals surface area contributed by atoms with Crippen molar-refractivity contribution in [2.24, 2.45) is 0 Å². The molecule has 2 unspecified atom stereocenters. The van der Waals surface area contributed by atoms with E-state index in [1.807, 2.05) is 6.92 Å². The number of nitro benzene ring substituents is 1. The summed E-state index contributed by atoms with van der Waals surface area (Å²) in [6, 6.07) is 12.1. The Hall–Kier alpha value is -3.38. The molecule has 0 saturated carbocycles. The van der Waals surface area contributed by atoms with Crippen molar-refractivity contribution in [3.8, 4) is 0 Å². The lowest BCUT2D eigenvalue weighted by atomic mass is 9.76. The van der Waals surface area contributed by atoms with Crippen LogP contribution in [0.4, 0.5) is 5.69 Å². The highest BCUT2D eigenvalue weighted by atomic mass is 33.1. The number of ether oxygens (including phenoxy) is 2. The van der Waals surface area contributed by atoms with Crippen LogP contribution in [-0.2, 0) is 27.9 Å². The molecule has 198 valence electrons. The summed E-state index contributed by atoms with van der Waals surface area (Å²) in [4.78, 5) is 37.0. The van der Waals surface area contributed by atoms with E-state index in [9.17, 15) is 28.1 Å². The molecular formula is C25H28N2O8S2. The fourth-order valence-electron chi connectivity index (χ4n) is 4.24. The van der Waals surface area contributed by atoms with E-state index >= 15 is 0 Å². The van der Waals surface area contributed by atoms with E-state index in [1.54, 1.807) is 32.0 Å². The lowest BCUT2D eigenvalue weighted by Gasteiger charge is -2.41. The molecule has 0 fully saturated rings. The Morgan fingerprint density at radius 3 is 2.46 bits per heavy atom. The number of benzene rings is 2. The smallest absolute Gasteiger partial charge is 0.336 e. The van der Waals surface area contributed by atoms with Gasteiger partial charge in [0.05, 0.1) is 29.1 Å². The molecule has 2 atom stereocenters. The van der Waals surface area contributed by atoms with Gasteiger partial charge in [-0.2, -0.15) is 0 Å². The maximum atomic E-state index is 13.3. The standard InChI is InChI=1S/C25H28N2O8S2/c1-5-35-24(29)25(15-36-37(32,33)20-11-9-16(2)10-12-20)14-21(22(17(3)26-25)23(28)34-4)18-7-6-8-19(13-18)27(30)31/h6-13,21,26H,5,14-15H2,1-4H3. The Bertz CT molecular complexity index is 1340. The van der Waals surface area contributed by atoms with Crippen LogP contribution in [0.5, 0.6) is 0 Å². The lowest BCUT2D eigenvalue weighted by molar-refractivity contribution is -0.384. The van der Waals surface area contributed by atoms with Gasteiger partial charge in [0.1, 0.15) is 5.54 Å². The van der Waals surface area contributed by atoms with Gasteiger partial charge in [-0.05, 0) is 55.7 Å². The molecule has 2 aromatic carbocycles. The molecule has 1 aliphatic heterocycles. The summed E-state index contributed by atoms with van der Waals surface area (Å²) in [7, 11) is -2.05. The number of carbonyl (C=O) groups excluding carboxylic acids is 2. The number of allylic oxidation sites excluding steroid dienone is 1. The van der Waals surface area contributed by atoms with E-state index in [0.29, 0.717) is 16.4 Å². The van der Waals surface area contributed by atoms with Crippen LogP contribution in [0.1, 0.15) is 37.3 Å². The minimum absolute atomic E-state index is 0.0474. The Labute approximate surface area is 218 Å². The second-order valence-corrected chi connectivity index (χ2v) is 12.5. The van der Waals surface area contributed by atoms with Crippen LogP contribution >= 0.6 is 10.8 Å². The topological polar surface area (TPSA) is 142 Å². The van der Waals surface area contributed by atoms with Crippen LogP contribution in [0, 0.1) is 17.0 Å². The zero-order chi connectivity index (χ0) is 27.4. The molecule has 0 bridgehead atoms. The first kappa shape index (κ1) is 28.2. The monoisotopic (exact) mass is 548 g/mol. The van der Waals surface area contributed by atoms with E-state index in [4.69, 9.17) is 9.47 Å². The molecular weight excluding hydrogens is 520 g/mol. The zero-order valence-electron chi connectivity index (χ0n) is 20.8. The number of nitrogens with zero attached hydrogens (tertiary/aromatic N) is 1. The van der Waals surface area contributed by atoms with Crippen LogP contribution in [0.2, 0.25) is 0 Å². The molecule has 1 aliphatic rings. The van der Waals surface area contributed by atoms with Crippen molar-refractivity contribution in [1.82, 2.24) is 5.32 Å². The summed E-state index contributed by atoms with van der Waals surface area (Å²) in [5, 5.41) is 14.4. The SMILES string of the molecule is CCOC(=O)C1(CSS(=O)(=O)c2ccc(C)cc2)CC(c2cccc([N+](=O)[O-])c2)C(C(=O)OC)=C(C)N1. The third-order valence-corrected chi connectivity index (χ3v) is 9.69. The quantitative estimate of drug-likeness (QED) is 0.212. The van der Waals surface area contributed by atoms with Crippen molar-refractivity contribution in [2.45, 2.75) is 43.5 Å². The van der Waals surface area contributed by atoms with Gasteiger partial charge >= 0.3 is 11.9 Å². The number of non-ortho nitro benzene ring substituents is 1. The number of carbonyl (C=O) groups is 2. The van der Waals surface area contributed by atoms with Crippen LogP contribution in [0.3, 0.4) is 0 Å². The molecule has 0 spiro atoms. The van der Waals surface area contributed by atoms with Crippen molar-refractivity contribution in [2.75, 3.05) is 19.5 Å². The van der Waals surface area contributed by atoms with E-state index < -0.39 is 37.2 Å². The van der Waals surface area contributed by atoms with Gasteiger partial charge in [0.25, 0.3) is 5.69 Å². The Kier molecular flexibility index (Phi) is 8.64. The number of hydrogen-bond acceptors (Lipinski definition) is 10. The zero-order valence-corrected chi connectivity index (χ0v) is 22.5. The van der Waals surface area contributed by atoms with Crippen molar-refractivity contribution in [3.63, 3.8) is 0 Å². The largest absolute Gasteiger partial charge is 0.466 e. The molecule has 12 heteroatoms. The number of nitrogens with one attached hydrogen (secondary N) is 1. The van der Waals surface area contributed by atoms with Gasteiger partial charge in [0.2, 0.25) is 8.87 Å². The normalized spacial score (nSPS) is 19.6. The third kappa shape index (κ3) is 6.13. The third-order valence-electron chi connectivity index (χ3n) is 6.06. The summed E-state index contributed by atoms with van der Waals surface area (Å²) in [5.74, 6) is -2.40. The molecule has 0 saturated heterocycles. The van der Waals surface area contributed by atoms with Gasteiger partial charge in [-0.1, -0.05) is 29.8 Å². The minimum Gasteiger partial charge on any atom is -0.466 e. The predicted molar refractivity (Wildman–Crippen MR) is 138 cm³/mol. The fraction of sp³-hybridized carbons (Fsp3) is 0.360. The van der Waals surface area contributed by atoms with Crippen LogP contribution in [-0.4, -0.2) is 50.3 Å². The summed E-state index contributed by atoms with van der Waals surface area (Å²) >= 11 is 0. The summed E-state index contributed by atoms with van der Waals surface area (Å²) in [5.41, 5.74) is 0.0589. The summed E-state index contributed by atoms with van der Waals surface area (Å²) < 4.78 is 36.5. The maximum Gasteiger partial charge on any atom is 0.336 e. The number of nitro groups is 1. The van der Waals surface area contributed by atoms with Gasteiger partial charge in [-0.25, -0.2) is 18.0 Å². The van der Waals surface area contributed by atoms with Crippen molar-refractivity contribution < 1.29 is 32.4 Å². The highest BCUT2D eigenvalue weighted by Gasteiger charge is 2.49. The average molecular weight is 549 g/mol. The second kappa shape index (κ2) is 11.3. The van der Waals surface area contributed by atoms with Crippen molar-refractivity contribution in [1.29, 1.82) is 0 Å². The van der Waals surface area contributed by atoms with Crippen LogP contribution in [0.25, 0.3) is 0 Å². The molecule has 1 heterocycles. The highest BCUT2D eigenvalue weighted by Crippen LogP contribution is 2.42. The molecule has 0 aromatic heterocycles. The van der Waals surface area contributed by atoms with Gasteiger partial charge in [-0.15, -0.1) is 0 Å². The maximum absolute atomic E-state index is 13.3. The lowest BCUT2D eigenvalue weighted by Crippen LogP contribution is -2.58. The Balaban J connectivity index is 2.09. The van der Waals surface area contributed by atoms with Gasteiger partial charge in [0.15, 0.2) is 0 Å². The number of aryl methyl sites for hydroxylation is 1. The minimum atomic E-state index is -3.84. The van der Waals surface area contributed by atoms with Gasteiger partial charge in [-0.3, -0.25) is 10.1 Å².